The Morgan fingerprint density at radius 2 is 2.20 bits per heavy atom. The second-order valence-electron chi connectivity index (χ2n) is 5.06. The van der Waals surface area contributed by atoms with Crippen LogP contribution < -0.4 is 11.1 Å². The van der Waals surface area contributed by atoms with E-state index in [1.54, 1.807) is 0 Å². The quantitative estimate of drug-likeness (QED) is 0.271. The highest BCUT2D eigenvalue weighted by molar-refractivity contribution is 14.0. The lowest BCUT2D eigenvalue weighted by atomic mass is 10.2. The smallest absolute Gasteiger partial charge is 0.188 e. The Morgan fingerprint density at radius 1 is 1.50 bits per heavy atom. The van der Waals surface area contributed by atoms with Gasteiger partial charge in [0.05, 0.1) is 12.3 Å². The maximum Gasteiger partial charge on any atom is 0.188 e. The molecule has 0 aromatic heterocycles. The van der Waals surface area contributed by atoms with E-state index in [9.17, 15) is 8.42 Å². The second kappa shape index (κ2) is 9.78. The van der Waals surface area contributed by atoms with Gasteiger partial charge >= 0.3 is 0 Å². The third-order valence-corrected chi connectivity index (χ3v) is 4.41. The Hall–Kier alpha value is -0.0900. The first-order valence-corrected chi connectivity index (χ1v) is 8.94. The molecular formula is C12H27IN4O2S. The SMILES string of the molecule is CCN1CCCC1CN=C(N)NCCCS(C)(=O)=O.I. The Balaban J connectivity index is 0.00000361. The van der Waals surface area contributed by atoms with Gasteiger partial charge in [0.1, 0.15) is 9.84 Å². The molecule has 1 aliphatic heterocycles. The molecule has 120 valence electrons. The molecule has 1 atom stereocenters. The molecule has 8 heteroatoms. The minimum atomic E-state index is -2.89. The van der Waals surface area contributed by atoms with Crippen molar-refractivity contribution in [1.29, 1.82) is 0 Å². The molecule has 0 spiro atoms. The molecule has 3 N–H and O–H groups in total. The summed E-state index contributed by atoms with van der Waals surface area (Å²) >= 11 is 0. The number of aliphatic imine (C=N–C) groups is 1. The van der Waals surface area contributed by atoms with Crippen LogP contribution in [0.25, 0.3) is 0 Å². The summed E-state index contributed by atoms with van der Waals surface area (Å²) in [6.07, 6.45) is 4.21. The zero-order valence-corrected chi connectivity index (χ0v) is 15.5. The molecule has 1 saturated heterocycles. The van der Waals surface area contributed by atoms with Gasteiger partial charge in [-0.2, -0.15) is 0 Å². The van der Waals surface area contributed by atoms with Crippen molar-refractivity contribution < 1.29 is 8.42 Å². The van der Waals surface area contributed by atoms with Crippen LogP contribution in [0.15, 0.2) is 4.99 Å². The topological polar surface area (TPSA) is 87.8 Å². The molecule has 0 saturated carbocycles. The molecule has 1 aliphatic rings. The van der Waals surface area contributed by atoms with Crippen LogP contribution in [0.4, 0.5) is 0 Å². The zero-order chi connectivity index (χ0) is 14.3. The standard InChI is InChI=1S/C12H26N4O2S.HI/c1-3-16-8-4-6-11(16)10-15-12(13)14-7-5-9-19(2,17)18;/h11H,3-10H2,1-2H3,(H3,13,14,15);1H. The van der Waals surface area contributed by atoms with E-state index in [0.717, 1.165) is 19.6 Å². The van der Waals surface area contributed by atoms with Gasteiger partial charge in [0.2, 0.25) is 0 Å². The first-order valence-electron chi connectivity index (χ1n) is 6.88. The van der Waals surface area contributed by atoms with Crippen molar-refractivity contribution in [3.8, 4) is 0 Å². The van der Waals surface area contributed by atoms with Gasteiger partial charge < -0.3 is 11.1 Å². The molecule has 0 aromatic rings. The molecule has 0 radical (unpaired) electrons. The van der Waals surface area contributed by atoms with Gasteiger partial charge in [-0.05, 0) is 32.4 Å². The summed E-state index contributed by atoms with van der Waals surface area (Å²) in [5, 5.41) is 2.96. The average Bonchev–Trinajstić information content (AvgIpc) is 2.78. The molecule has 0 aromatic carbocycles. The summed E-state index contributed by atoms with van der Waals surface area (Å²) in [6, 6.07) is 0.501. The highest BCUT2D eigenvalue weighted by atomic mass is 127. The van der Waals surface area contributed by atoms with Crippen LogP contribution in [0.3, 0.4) is 0 Å². The Bertz CT molecular complexity index is 400. The lowest BCUT2D eigenvalue weighted by molar-refractivity contribution is 0.273. The van der Waals surface area contributed by atoms with Crippen molar-refractivity contribution in [1.82, 2.24) is 10.2 Å². The number of sulfone groups is 1. The van der Waals surface area contributed by atoms with Crippen molar-refractivity contribution in [3.63, 3.8) is 0 Å². The summed E-state index contributed by atoms with van der Waals surface area (Å²) in [5.74, 6) is 0.593. The van der Waals surface area contributed by atoms with E-state index < -0.39 is 9.84 Å². The van der Waals surface area contributed by atoms with E-state index in [1.807, 2.05) is 0 Å². The van der Waals surface area contributed by atoms with Crippen molar-refractivity contribution >= 4 is 39.8 Å². The normalized spacial score (nSPS) is 20.7. The largest absolute Gasteiger partial charge is 0.370 e. The molecule has 0 amide bonds. The van der Waals surface area contributed by atoms with E-state index in [0.29, 0.717) is 25.0 Å². The van der Waals surface area contributed by atoms with Crippen molar-refractivity contribution in [2.45, 2.75) is 32.2 Å². The number of likely N-dealkylation sites (N-methyl/N-ethyl adjacent to an activating group) is 1. The lowest BCUT2D eigenvalue weighted by Gasteiger charge is -2.20. The monoisotopic (exact) mass is 418 g/mol. The van der Waals surface area contributed by atoms with Crippen LogP contribution in [-0.4, -0.2) is 63.5 Å². The van der Waals surface area contributed by atoms with Crippen LogP contribution in [0, 0.1) is 0 Å². The van der Waals surface area contributed by atoms with E-state index in [1.165, 1.54) is 19.1 Å². The third-order valence-electron chi connectivity index (χ3n) is 3.38. The first kappa shape index (κ1) is 19.9. The maximum atomic E-state index is 10.9. The van der Waals surface area contributed by atoms with Crippen LogP contribution in [0.5, 0.6) is 0 Å². The third kappa shape index (κ3) is 8.25. The fourth-order valence-electron chi connectivity index (χ4n) is 2.33. The van der Waals surface area contributed by atoms with Gasteiger partial charge in [-0.1, -0.05) is 6.92 Å². The van der Waals surface area contributed by atoms with Gasteiger partial charge in [-0.15, -0.1) is 24.0 Å². The van der Waals surface area contributed by atoms with Crippen LogP contribution in [0.1, 0.15) is 26.2 Å². The molecule has 20 heavy (non-hydrogen) atoms. The number of guanidine groups is 1. The van der Waals surface area contributed by atoms with Gasteiger partial charge in [-0.3, -0.25) is 9.89 Å². The van der Waals surface area contributed by atoms with Crippen LogP contribution >= 0.6 is 24.0 Å². The van der Waals surface area contributed by atoms with Crippen LogP contribution in [-0.2, 0) is 9.84 Å². The zero-order valence-electron chi connectivity index (χ0n) is 12.3. The fourth-order valence-corrected chi connectivity index (χ4v) is 3.00. The highest BCUT2D eigenvalue weighted by Gasteiger charge is 2.22. The number of nitrogens with two attached hydrogens (primary N) is 1. The van der Waals surface area contributed by atoms with E-state index in [-0.39, 0.29) is 29.7 Å². The minimum Gasteiger partial charge on any atom is -0.370 e. The fraction of sp³-hybridized carbons (Fsp3) is 0.917. The number of rotatable bonds is 7. The highest BCUT2D eigenvalue weighted by Crippen LogP contribution is 2.16. The summed E-state index contributed by atoms with van der Waals surface area (Å²) < 4.78 is 21.9. The lowest BCUT2D eigenvalue weighted by Crippen LogP contribution is -2.36. The first-order chi connectivity index (χ1) is 8.92. The molecular weight excluding hydrogens is 391 g/mol. The Labute approximate surface area is 139 Å². The molecule has 0 bridgehead atoms. The number of likely N-dealkylation sites (tertiary alicyclic amines) is 1. The molecule has 1 unspecified atom stereocenters. The summed E-state index contributed by atoms with van der Waals surface area (Å²) in [4.78, 5) is 6.75. The number of nitrogens with one attached hydrogen (secondary N) is 1. The Kier molecular flexibility index (Phi) is 9.73. The predicted octanol–water partition coefficient (Wildman–Crippen LogP) is 0.428. The summed E-state index contributed by atoms with van der Waals surface area (Å²) in [6.45, 7) is 5.64. The van der Waals surface area contributed by atoms with Gasteiger partial charge in [0, 0.05) is 18.8 Å². The molecule has 1 fully saturated rings. The predicted molar refractivity (Wildman–Crippen MR) is 94.5 cm³/mol. The molecule has 1 rings (SSSR count). The molecule has 0 aliphatic carbocycles. The van der Waals surface area contributed by atoms with E-state index >= 15 is 0 Å². The minimum absolute atomic E-state index is 0. The van der Waals surface area contributed by atoms with Crippen molar-refractivity contribution in [3.05, 3.63) is 0 Å². The van der Waals surface area contributed by atoms with Crippen LogP contribution in [0.2, 0.25) is 0 Å². The van der Waals surface area contributed by atoms with Gasteiger partial charge in [0.15, 0.2) is 5.96 Å². The second-order valence-corrected chi connectivity index (χ2v) is 7.32. The number of nitrogens with zero attached hydrogens (tertiary/aromatic N) is 2. The van der Waals surface area contributed by atoms with Crippen molar-refractivity contribution in [2.75, 3.05) is 38.2 Å². The number of hydrogen-bond donors (Lipinski definition) is 2. The van der Waals surface area contributed by atoms with Crippen molar-refractivity contribution in [2.24, 2.45) is 10.7 Å². The van der Waals surface area contributed by atoms with Gasteiger partial charge in [-0.25, -0.2) is 8.42 Å². The number of halogens is 1. The Morgan fingerprint density at radius 3 is 2.80 bits per heavy atom. The van der Waals surface area contributed by atoms with E-state index in [2.05, 4.69) is 22.1 Å². The molecule has 6 nitrogen and oxygen atoms in total. The summed E-state index contributed by atoms with van der Waals surface area (Å²) in [7, 11) is -2.89. The number of hydrogen-bond acceptors (Lipinski definition) is 4. The molecule has 1 heterocycles. The van der Waals surface area contributed by atoms with Gasteiger partial charge in [0.25, 0.3) is 0 Å². The van der Waals surface area contributed by atoms with E-state index in [4.69, 9.17) is 5.73 Å². The average molecular weight is 418 g/mol. The summed E-state index contributed by atoms with van der Waals surface area (Å²) in [5.41, 5.74) is 5.76. The maximum absolute atomic E-state index is 10.9.